The number of para-hydroxylation sites is 1. The Labute approximate surface area is 142 Å². The normalized spacial score (nSPS) is 21.8. The standard InChI is InChI=1S/C18H24FN3O2/c1-13(2)22-12-14(11-17(22)23)18(24)21-9-7-20(8-10-21)16-6-4-3-5-15(16)19/h3-6,13-14H,7-12H2,1-2H3/t14-/m1/s1. The average Bonchev–Trinajstić information content (AvgIpc) is 2.97. The second-order valence-electron chi connectivity index (χ2n) is 6.80. The van der Waals surface area contributed by atoms with E-state index in [2.05, 4.69) is 0 Å². The maximum atomic E-state index is 13.9. The van der Waals surface area contributed by atoms with Crippen LogP contribution in [0.2, 0.25) is 0 Å². The molecule has 2 heterocycles. The van der Waals surface area contributed by atoms with Gasteiger partial charge >= 0.3 is 0 Å². The van der Waals surface area contributed by atoms with Gasteiger partial charge in [0.2, 0.25) is 11.8 Å². The lowest BCUT2D eigenvalue weighted by Gasteiger charge is -2.37. The smallest absolute Gasteiger partial charge is 0.228 e. The van der Waals surface area contributed by atoms with E-state index in [0.29, 0.717) is 44.8 Å². The van der Waals surface area contributed by atoms with Crippen molar-refractivity contribution < 1.29 is 14.0 Å². The van der Waals surface area contributed by atoms with Gasteiger partial charge in [-0.15, -0.1) is 0 Å². The van der Waals surface area contributed by atoms with Crippen molar-refractivity contribution in [2.24, 2.45) is 5.92 Å². The van der Waals surface area contributed by atoms with Crippen LogP contribution in [0.4, 0.5) is 10.1 Å². The number of nitrogens with zero attached hydrogens (tertiary/aromatic N) is 3. The molecule has 2 amide bonds. The highest BCUT2D eigenvalue weighted by Gasteiger charge is 2.38. The number of halogens is 1. The molecule has 3 rings (SSSR count). The molecule has 0 spiro atoms. The van der Waals surface area contributed by atoms with Gasteiger partial charge in [-0.3, -0.25) is 9.59 Å². The third-order valence-corrected chi connectivity index (χ3v) is 4.92. The Kier molecular flexibility index (Phi) is 4.73. The molecule has 1 aromatic carbocycles. The minimum absolute atomic E-state index is 0.0553. The van der Waals surface area contributed by atoms with Gasteiger partial charge in [-0.1, -0.05) is 12.1 Å². The van der Waals surface area contributed by atoms with Gasteiger partial charge in [0.25, 0.3) is 0 Å². The van der Waals surface area contributed by atoms with Gasteiger partial charge in [0, 0.05) is 45.2 Å². The topological polar surface area (TPSA) is 43.9 Å². The minimum Gasteiger partial charge on any atom is -0.366 e. The zero-order valence-corrected chi connectivity index (χ0v) is 14.2. The maximum Gasteiger partial charge on any atom is 0.228 e. The Bertz CT molecular complexity index is 626. The van der Waals surface area contributed by atoms with E-state index >= 15 is 0 Å². The van der Waals surface area contributed by atoms with Gasteiger partial charge in [0.15, 0.2) is 0 Å². The fraction of sp³-hybridized carbons (Fsp3) is 0.556. The molecule has 0 aliphatic carbocycles. The van der Waals surface area contributed by atoms with Crippen LogP contribution in [0.25, 0.3) is 0 Å². The number of carbonyl (C=O) groups is 2. The molecule has 2 fully saturated rings. The quantitative estimate of drug-likeness (QED) is 0.846. The number of hydrogen-bond donors (Lipinski definition) is 0. The van der Waals surface area contributed by atoms with E-state index in [9.17, 15) is 14.0 Å². The van der Waals surface area contributed by atoms with Gasteiger partial charge in [0.05, 0.1) is 11.6 Å². The SMILES string of the molecule is CC(C)N1C[C@H](C(=O)N2CCN(c3ccccc3F)CC2)CC1=O. The highest BCUT2D eigenvalue weighted by molar-refractivity contribution is 5.89. The van der Waals surface area contributed by atoms with Crippen molar-refractivity contribution in [3.8, 4) is 0 Å². The molecular formula is C18H24FN3O2. The largest absolute Gasteiger partial charge is 0.366 e. The first-order valence-corrected chi connectivity index (χ1v) is 8.55. The Balaban J connectivity index is 1.58. The lowest BCUT2D eigenvalue weighted by molar-refractivity contribution is -0.136. The van der Waals surface area contributed by atoms with E-state index in [-0.39, 0.29) is 29.6 Å². The zero-order chi connectivity index (χ0) is 17.3. The predicted octanol–water partition coefficient (Wildman–Crippen LogP) is 1.73. The predicted molar refractivity (Wildman–Crippen MR) is 90.1 cm³/mol. The van der Waals surface area contributed by atoms with E-state index in [0.717, 1.165) is 0 Å². The number of likely N-dealkylation sites (tertiary alicyclic amines) is 1. The molecule has 5 nitrogen and oxygen atoms in total. The number of piperazine rings is 1. The number of hydrogen-bond acceptors (Lipinski definition) is 3. The van der Waals surface area contributed by atoms with Crippen molar-refractivity contribution in [3.63, 3.8) is 0 Å². The highest BCUT2D eigenvalue weighted by Crippen LogP contribution is 2.24. The Hall–Kier alpha value is -2.11. The molecule has 1 atom stereocenters. The van der Waals surface area contributed by atoms with Crippen LogP contribution in [0.1, 0.15) is 20.3 Å². The van der Waals surface area contributed by atoms with Gasteiger partial charge in [-0.25, -0.2) is 4.39 Å². The Morgan fingerprint density at radius 2 is 1.83 bits per heavy atom. The van der Waals surface area contributed by atoms with Crippen molar-refractivity contribution in [2.75, 3.05) is 37.6 Å². The molecule has 130 valence electrons. The van der Waals surface area contributed by atoms with Crippen LogP contribution in [-0.4, -0.2) is 60.4 Å². The van der Waals surface area contributed by atoms with E-state index in [4.69, 9.17) is 0 Å². The van der Waals surface area contributed by atoms with Crippen LogP contribution in [0.15, 0.2) is 24.3 Å². The lowest BCUT2D eigenvalue weighted by Crippen LogP contribution is -2.51. The third kappa shape index (κ3) is 3.23. The number of amides is 2. The van der Waals surface area contributed by atoms with E-state index < -0.39 is 0 Å². The first-order valence-electron chi connectivity index (χ1n) is 8.55. The van der Waals surface area contributed by atoms with Crippen LogP contribution >= 0.6 is 0 Å². The molecule has 0 radical (unpaired) electrons. The van der Waals surface area contributed by atoms with Crippen LogP contribution in [0.5, 0.6) is 0 Å². The number of anilines is 1. The summed E-state index contributed by atoms with van der Waals surface area (Å²) in [4.78, 5) is 30.2. The molecule has 0 unspecified atom stereocenters. The third-order valence-electron chi connectivity index (χ3n) is 4.92. The van der Waals surface area contributed by atoms with Crippen LogP contribution in [-0.2, 0) is 9.59 Å². The van der Waals surface area contributed by atoms with Gasteiger partial charge in [-0.2, -0.15) is 0 Å². The van der Waals surface area contributed by atoms with Crippen LogP contribution in [0, 0.1) is 11.7 Å². The summed E-state index contributed by atoms with van der Waals surface area (Å²) in [6.07, 6.45) is 0.310. The van der Waals surface area contributed by atoms with Crippen LogP contribution in [0.3, 0.4) is 0 Å². The summed E-state index contributed by atoms with van der Waals surface area (Å²) in [5, 5.41) is 0. The molecule has 2 aliphatic heterocycles. The van der Waals surface area contributed by atoms with Gasteiger partial charge < -0.3 is 14.7 Å². The summed E-state index contributed by atoms with van der Waals surface area (Å²) < 4.78 is 13.9. The molecule has 2 aliphatic rings. The fourth-order valence-electron chi connectivity index (χ4n) is 3.53. The molecule has 2 saturated heterocycles. The lowest BCUT2D eigenvalue weighted by atomic mass is 10.1. The van der Waals surface area contributed by atoms with Crippen molar-refractivity contribution in [1.82, 2.24) is 9.80 Å². The summed E-state index contributed by atoms with van der Waals surface area (Å²) in [6.45, 7) is 6.82. The summed E-state index contributed by atoms with van der Waals surface area (Å²) >= 11 is 0. The van der Waals surface area contributed by atoms with Crippen molar-refractivity contribution in [2.45, 2.75) is 26.3 Å². The van der Waals surface area contributed by atoms with E-state index in [1.54, 1.807) is 17.0 Å². The second kappa shape index (κ2) is 6.79. The maximum absolute atomic E-state index is 13.9. The highest BCUT2D eigenvalue weighted by atomic mass is 19.1. The molecule has 24 heavy (non-hydrogen) atoms. The Morgan fingerprint density at radius 3 is 2.42 bits per heavy atom. The average molecular weight is 333 g/mol. The molecule has 0 N–H and O–H groups in total. The van der Waals surface area contributed by atoms with Gasteiger partial charge in [-0.05, 0) is 26.0 Å². The molecule has 0 bridgehead atoms. The summed E-state index contributed by atoms with van der Waals surface area (Å²) in [7, 11) is 0. The molecule has 0 aromatic heterocycles. The number of carbonyl (C=O) groups excluding carboxylic acids is 2. The molecular weight excluding hydrogens is 309 g/mol. The molecule has 6 heteroatoms. The van der Waals surface area contributed by atoms with Crippen molar-refractivity contribution >= 4 is 17.5 Å². The Morgan fingerprint density at radius 1 is 1.17 bits per heavy atom. The first kappa shape index (κ1) is 16.7. The van der Waals surface area contributed by atoms with Gasteiger partial charge in [0.1, 0.15) is 5.82 Å². The summed E-state index contributed by atoms with van der Waals surface area (Å²) in [6, 6.07) is 6.85. The van der Waals surface area contributed by atoms with E-state index in [1.807, 2.05) is 29.7 Å². The molecule has 1 aromatic rings. The summed E-state index contributed by atoms with van der Waals surface area (Å²) in [5.41, 5.74) is 0.589. The molecule has 0 saturated carbocycles. The second-order valence-corrected chi connectivity index (χ2v) is 6.80. The van der Waals surface area contributed by atoms with Crippen molar-refractivity contribution in [3.05, 3.63) is 30.1 Å². The summed E-state index contributed by atoms with van der Waals surface area (Å²) in [5.74, 6) is -0.348. The zero-order valence-electron chi connectivity index (χ0n) is 14.2. The first-order chi connectivity index (χ1) is 11.5. The van der Waals surface area contributed by atoms with Crippen LogP contribution < -0.4 is 4.90 Å². The fourth-order valence-corrected chi connectivity index (χ4v) is 3.53. The minimum atomic E-state index is -0.236. The number of benzene rings is 1. The number of rotatable bonds is 3. The monoisotopic (exact) mass is 333 g/mol. The van der Waals surface area contributed by atoms with E-state index in [1.165, 1.54) is 6.07 Å². The van der Waals surface area contributed by atoms with Crippen molar-refractivity contribution in [1.29, 1.82) is 0 Å².